The molecule has 0 aliphatic carbocycles. The zero-order valence-electron chi connectivity index (χ0n) is 13.9. The number of carboxylic acid groups (broad SMARTS) is 2. The molecule has 1 aromatic carbocycles. The van der Waals surface area contributed by atoms with Gasteiger partial charge in [0.25, 0.3) is 0 Å². The topological polar surface area (TPSA) is 83.8 Å². The number of benzene rings is 1. The first-order chi connectivity index (χ1) is 11.5. The summed E-state index contributed by atoms with van der Waals surface area (Å²) in [4.78, 5) is 22.0. The van der Waals surface area contributed by atoms with E-state index < -0.39 is 17.9 Å². The molecule has 0 spiro atoms. The lowest BCUT2D eigenvalue weighted by atomic mass is 9.88. The van der Waals surface area contributed by atoms with Gasteiger partial charge in [-0.1, -0.05) is 49.2 Å². The summed E-state index contributed by atoms with van der Waals surface area (Å²) in [6.45, 7) is 4.89. The molecule has 0 aliphatic rings. The molecule has 0 fully saturated rings. The van der Waals surface area contributed by atoms with E-state index in [1.165, 1.54) is 0 Å². The molecule has 0 aliphatic heterocycles. The van der Waals surface area contributed by atoms with Crippen LogP contribution in [0.1, 0.15) is 37.7 Å². The summed E-state index contributed by atoms with van der Waals surface area (Å²) in [7, 11) is 0. The maximum atomic E-state index is 11.0. The highest BCUT2D eigenvalue weighted by Gasteiger charge is 2.28. The van der Waals surface area contributed by atoms with Crippen molar-refractivity contribution in [1.29, 1.82) is 0 Å². The predicted octanol–water partition coefficient (Wildman–Crippen LogP) is 3.74. The van der Waals surface area contributed by atoms with Gasteiger partial charge in [-0.2, -0.15) is 0 Å². The predicted molar refractivity (Wildman–Crippen MR) is 91.6 cm³/mol. The van der Waals surface area contributed by atoms with Crippen LogP contribution in [0.2, 0.25) is 0 Å². The van der Waals surface area contributed by atoms with Crippen molar-refractivity contribution in [2.45, 2.75) is 38.7 Å². The first-order valence-electron chi connectivity index (χ1n) is 8.22. The highest BCUT2D eigenvalue weighted by Crippen LogP contribution is 2.23. The molecular weight excluding hydrogens is 308 g/mol. The monoisotopic (exact) mass is 334 g/mol. The van der Waals surface area contributed by atoms with E-state index >= 15 is 0 Å². The summed E-state index contributed by atoms with van der Waals surface area (Å²) >= 11 is 0. The molecule has 0 saturated carbocycles. The Bertz CT molecular complexity index is 498. The van der Waals surface area contributed by atoms with E-state index in [0.29, 0.717) is 19.6 Å². The summed E-state index contributed by atoms with van der Waals surface area (Å²) in [5.74, 6) is -3.87. The van der Waals surface area contributed by atoms with Gasteiger partial charge < -0.3 is 14.9 Å². The SMILES string of the molecule is C=CC[C@@H](CCCCOCc1ccccc1)CC(C(=O)O)C(=O)O. The van der Waals surface area contributed by atoms with Gasteiger partial charge >= 0.3 is 11.9 Å². The number of hydrogen-bond acceptors (Lipinski definition) is 3. The van der Waals surface area contributed by atoms with Crippen LogP contribution < -0.4 is 0 Å². The van der Waals surface area contributed by atoms with Crippen LogP contribution in [0.15, 0.2) is 43.0 Å². The van der Waals surface area contributed by atoms with Crippen LogP contribution >= 0.6 is 0 Å². The minimum Gasteiger partial charge on any atom is -0.481 e. The third-order valence-corrected chi connectivity index (χ3v) is 3.93. The molecule has 0 bridgehead atoms. The smallest absolute Gasteiger partial charge is 0.317 e. The average Bonchev–Trinajstić information content (AvgIpc) is 2.55. The molecule has 0 amide bonds. The Morgan fingerprint density at radius 3 is 2.38 bits per heavy atom. The normalized spacial score (nSPS) is 12.0. The number of carboxylic acids is 2. The maximum absolute atomic E-state index is 11.0. The van der Waals surface area contributed by atoms with Crippen LogP contribution in [0.25, 0.3) is 0 Å². The molecule has 24 heavy (non-hydrogen) atoms. The highest BCUT2D eigenvalue weighted by molar-refractivity contribution is 5.92. The molecule has 0 radical (unpaired) electrons. The van der Waals surface area contributed by atoms with Gasteiger partial charge in [0, 0.05) is 6.61 Å². The van der Waals surface area contributed by atoms with E-state index in [1.54, 1.807) is 6.08 Å². The first kappa shape index (κ1) is 19.9. The molecule has 132 valence electrons. The van der Waals surface area contributed by atoms with Gasteiger partial charge in [0.15, 0.2) is 5.92 Å². The van der Waals surface area contributed by atoms with Gasteiger partial charge in [0.1, 0.15) is 0 Å². The Labute approximate surface area is 143 Å². The van der Waals surface area contributed by atoms with Gasteiger partial charge in [-0.25, -0.2) is 0 Å². The third-order valence-electron chi connectivity index (χ3n) is 3.93. The van der Waals surface area contributed by atoms with Crippen LogP contribution in [-0.4, -0.2) is 28.8 Å². The second-order valence-electron chi connectivity index (χ2n) is 5.89. The average molecular weight is 334 g/mol. The van der Waals surface area contributed by atoms with E-state index in [2.05, 4.69) is 6.58 Å². The maximum Gasteiger partial charge on any atom is 0.317 e. The van der Waals surface area contributed by atoms with Gasteiger partial charge in [-0.15, -0.1) is 6.58 Å². The quantitative estimate of drug-likeness (QED) is 0.326. The Hall–Kier alpha value is -2.14. The van der Waals surface area contributed by atoms with Crippen LogP contribution in [0.3, 0.4) is 0 Å². The molecule has 2 N–H and O–H groups in total. The third kappa shape index (κ3) is 7.92. The van der Waals surface area contributed by atoms with E-state index in [9.17, 15) is 9.59 Å². The number of carbonyl (C=O) groups is 2. The van der Waals surface area contributed by atoms with Crippen molar-refractivity contribution < 1.29 is 24.5 Å². The van der Waals surface area contributed by atoms with E-state index in [4.69, 9.17) is 14.9 Å². The van der Waals surface area contributed by atoms with E-state index in [-0.39, 0.29) is 12.3 Å². The summed E-state index contributed by atoms with van der Waals surface area (Å²) in [5.41, 5.74) is 1.13. The lowest BCUT2D eigenvalue weighted by Gasteiger charge is -2.17. The first-order valence-corrected chi connectivity index (χ1v) is 8.22. The zero-order chi connectivity index (χ0) is 17.8. The lowest BCUT2D eigenvalue weighted by Crippen LogP contribution is -2.26. The number of aliphatic carboxylic acids is 2. The van der Waals surface area contributed by atoms with Crippen molar-refractivity contribution >= 4 is 11.9 Å². The number of allylic oxidation sites excluding steroid dienone is 1. The molecule has 1 rings (SSSR count). The molecule has 0 saturated heterocycles. The van der Waals surface area contributed by atoms with Crippen molar-refractivity contribution in [1.82, 2.24) is 0 Å². The van der Waals surface area contributed by atoms with Crippen molar-refractivity contribution in [3.63, 3.8) is 0 Å². The molecule has 5 heteroatoms. The summed E-state index contributed by atoms with van der Waals surface area (Å²) in [5, 5.41) is 18.0. The molecule has 0 unspecified atom stereocenters. The molecule has 0 aromatic heterocycles. The fourth-order valence-corrected chi connectivity index (χ4v) is 2.61. The molecule has 5 nitrogen and oxygen atoms in total. The van der Waals surface area contributed by atoms with E-state index in [1.807, 2.05) is 30.3 Å². The van der Waals surface area contributed by atoms with Gasteiger partial charge in [0.05, 0.1) is 6.61 Å². The number of rotatable bonds is 13. The van der Waals surface area contributed by atoms with Crippen LogP contribution in [0.4, 0.5) is 0 Å². The molecule has 1 aromatic rings. The zero-order valence-corrected chi connectivity index (χ0v) is 13.9. The van der Waals surface area contributed by atoms with E-state index in [0.717, 1.165) is 24.8 Å². The summed E-state index contributed by atoms with van der Waals surface area (Å²) in [6.07, 6.45) is 5.00. The largest absolute Gasteiger partial charge is 0.481 e. The Morgan fingerprint density at radius 1 is 1.12 bits per heavy atom. The second-order valence-corrected chi connectivity index (χ2v) is 5.89. The van der Waals surface area contributed by atoms with Crippen molar-refractivity contribution in [2.75, 3.05) is 6.61 Å². The number of ether oxygens (including phenoxy) is 1. The summed E-state index contributed by atoms with van der Waals surface area (Å²) < 4.78 is 5.61. The second kappa shape index (κ2) is 11.4. The number of hydrogen-bond donors (Lipinski definition) is 2. The fourth-order valence-electron chi connectivity index (χ4n) is 2.61. The molecule has 1 atom stereocenters. The van der Waals surface area contributed by atoms with Gasteiger partial charge in [0.2, 0.25) is 0 Å². The molecule has 0 heterocycles. The number of unbranched alkanes of at least 4 members (excludes halogenated alkanes) is 1. The Morgan fingerprint density at radius 2 is 1.79 bits per heavy atom. The minimum atomic E-state index is -1.34. The van der Waals surface area contributed by atoms with Gasteiger partial charge in [-0.3, -0.25) is 9.59 Å². The van der Waals surface area contributed by atoms with Crippen molar-refractivity contribution in [2.24, 2.45) is 11.8 Å². The minimum absolute atomic E-state index is 0.0221. The fraction of sp³-hybridized carbons (Fsp3) is 0.474. The highest BCUT2D eigenvalue weighted by atomic mass is 16.5. The Balaban J connectivity index is 2.26. The Kier molecular flexibility index (Phi) is 9.46. The lowest BCUT2D eigenvalue weighted by molar-refractivity contribution is -0.155. The molecular formula is C19H26O5. The van der Waals surface area contributed by atoms with Crippen LogP contribution in [0.5, 0.6) is 0 Å². The summed E-state index contributed by atoms with van der Waals surface area (Å²) in [6, 6.07) is 9.93. The van der Waals surface area contributed by atoms with Gasteiger partial charge in [-0.05, 0) is 30.7 Å². The van der Waals surface area contributed by atoms with Crippen molar-refractivity contribution in [3.8, 4) is 0 Å². The van der Waals surface area contributed by atoms with Crippen LogP contribution in [-0.2, 0) is 20.9 Å². The van der Waals surface area contributed by atoms with Crippen LogP contribution in [0, 0.1) is 11.8 Å². The van der Waals surface area contributed by atoms with Crippen molar-refractivity contribution in [3.05, 3.63) is 48.6 Å². The standard InChI is InChI=1S/C19H26O5/c1-2-8-15(13-17(18(20)21)19(22)23)9-6-7-12-24-14-16-10-4-3-5-11-16/h2-5,10-11,15,17H,1,6-9,12-14H2,(H,20,21)(H,22,23)/t15-/m0/s1.